The fourth-order valence-corrected chi connectivity index (χ4v) is 4.88. The van der Waals surface area contributed by atoms with Crippen molar-refractivity contribution in [1.82, 2.24) is 4.31 Å². The van der Waals surface area contributed by atoms with Gasteiger partial charge in [-0.2, -0.15) is 4.31 Å². The Kier molecular flexibility index (Phi) is 5.31. The maximum Gasteiger partial charge on any atom is 0.312 e. The van der Waals surface area contributed by atoms with Crippen LogP contribution in [0.3, 0.4) is 0 Å². The van der Waals surface area contributed by atoms with Crippen LogP contribution in [0, 0.1) is 17.0 Å². The molecule has 0 saturated carbocycles. The van der Waals surface area contributed by atoms with Gasteiger partial charge in [0.2, 0.25) is 15.8 Å². The summed E-state index contributed by atoms with van der Waals surface area (Å²) >= 11 is 3.36. The zero-order valence-electron chi connectivity index (χ0n) is 14.0. The van der Waals surface area contributed by atoms with Crippen molar-refractivity contribution >= 4 is 31.6 Å². The molecule has 0 radical (unpaired) electrons. The molecule has 0 unspecified atom stereocenters. The van der Waals surface area contributed by atoms with Crippen molar-refractivity contribution in [2.45, 2.75) is 24.7 Å². The predicted molar refractivity (Wildman–Crippen MR) is 100 cm³/mol. The summed E-state index contributed by atoms with van der Waals surface area (Å²) in [6, 6.07) is 9.07. The highest BCUT2D eigenvalue weighted by molar-refractivity contribution is 9.10. The lowest BCUT2D eigenvalue weighted by Gasteiger charge is -2.16. The SMILES string of the molecule is Cc1ccc(Oc2ccc(S(=O)(=O)N3CCCC3)cc2[N+](=O)[O-])c(Br)c1. The molecule has 0 atom stereocenters. The molecule has 1 heterocycles. The van der Waals surface area contributed by atoms with Crippen LogP contribution in [-0.4, -0.2) is 30.7 Å². The molecule has 1 saturated heterocycles. The molecule has 0 aliphatic carbocycles. The second-order valence-electron chi connectivity index (χ2n) is 6.03. The molecule has 0 bridgehead atoms. The number of hydrogen-bond donors (Lipinski definition) is 0. The maximum absolute atomic E-state index is 12.6. The fourth-order valence-electron chi connectivity index (χ4n) is 2.77. The van der Waals surface area contributed by atoms with E-state index in [2.05, 4.69) is 15.9 Å². The topological polar surface area (TPSA) is 89.8 Å². The first kappa shape index (κ1) is 18.8. The van der Waals surface area contributed by atoms with Crippen molar-refractivity contribution in [3.8, 4) is 11.5 Å². The van der Waals surface area contributed by atoms with Crippen molar-refractivity contribution in [1.29, 1.82) is 0 Å². The van der Waals surface area contributed by atoms with Gasteiger partial charge in [0, 0.05) is 19.2 Å². The lowest BCUT2D eigenvalue weighted by atomic mass is 10.2. The summed E-state index contributed by atoms with van der Waals surface area (Å²) in [4.78, 5) is 10.7. The summed E-state index contributed by atoms with van der Waals surface area (Å²) < 4.78 is 32.9. The summed E-state index contributed by atoms with van der Waals surface area (Å²) in [6.45, 7) is 2.78. The van der Waals surface area contributed by atoms with E-state index in [1.165, 1.54) is 16.4 Å². The van der Waals surface area contributed by atoms with Gasteiger partial charge in [0.05, 0.1) is 14.3 Å². The number of benzene rings is 2. The van der Waals surface area contributed by atoms with E-state index in [1.807, 2.05) is 19.1 Å². The van der Waals surface area contributed by atoms with Crippen LogP contribution in [-0.2, 0) is 10.0 Å². The zero-order chi connectivity index (χ0) is 18.9. The highest BCUT2D eigenvalue weighted by atomic mass is 79.9. The Labute approximate surface area is 159 Å². The molecule has 0 aromatic heterocycles. The number of nitro groups is 1. The third-order valence-electron chi connectivity index (χ3n) is 4.14. The molecule has 2 aromatic rings. The average Bonchev–Trinajstić information content (AvgIpc) is 3.12. The van der Waals surface area contributed by atoms with E-state index in [9.17, 15) is 18.5 Å². The largest absolute Gasteiger partial charge is 0.449 e. The van der Waals surface area contributed by atoms with Crippen LogP contribution in [0.15, 0.2) is 45.8 Å². The molecule has 7 nitrogen and oxygen atoms in total. The number of rotatable bonds is 5. The van der Waals surface area contributed by atoms with Crippen LogP contribution in [0.1, 0.15) is 18.4 Å². The van der Waals surface area contributed by atoms with Gasteiger partial charge >= 0.3 is 5.69 Å². The van der Waals surface area contributed by atoms with Gasteiger partial charge in [-0.25, -0.2) is 8.42 Å². The van der Waals surface area contributed by atoms with Crippen molar-refractivity contribution < 1.29 is 18.1 Å². The molecule has 9 heteroatoms. The molecule has 1 aliphatic heterocycles. The van der Waals surface area contributed by atoms with Crippen LogP contribution in [0.5, 0.6) is 11.5 Å². The first-order valence-corrected chi connectivity index (χ1v) is 10.2. The van der Waals surface area contributed by atoms with Crippen LogP contribution >= 0.6 is 15.9 Å². The number of halogens is 1. The van der Waals surface area contributed by atoms with Crippen LogP contribution < -0.4 is 4.74 Å². The van der Waals surface area contributed by atoms with Crippen LogP contribution in [0.4, 0.5) is 5.69 Å². The summed E-state index contributed by atoms with van der Waals surface area (Å²) in [5, 5.41) is 11.5. The summed E-state index contributed by atoms with van der Waals surface area (Å²) in [6.07, 6.45) is 1.59. The van der Waals surface area contributed by atoms with E-state index in [0.29, 0.717) is 23.3 Å². The molecule has 3 rings (SSSR count). The van der Waals surface area contributed by atoms with Crippen LogP contribution in [0.25, 0.3) is 0 Å². The van der Waals surface area contributed by atoms with E-state index in [4.69, 9.17) is 4.74 Å². The van der Waals surface area contributed by atoms with Crippen molar-refractivity contribution in [2.24, 2.45) is 0 Å². The Bertz CT molecular complexity index is 956. The average molecular weight is 441 g/mol. The summed E-state index contributed by atoms with van der Waals surface area (Å²) in [7, 11) is -3.73. The molecule has 0 amide bonds. The van der Waals surface area contributed by atoms with Gasteiger partial charge in [0.25, 0.3) is 0 Å². The highest BCUT2D eigenvalue weighted by Crippen LogP contribution is 2.37. The Balaban J connectivity index is 1.98. The van der Waals surface area contributed by atoms with E-state index in [1.54, 1.807) is 6.07 Å². The molecule has 1 fully saturated rings. The Morgan fingerprint density at radius 1 is 1.12 bits per heavy atom. The Morgan fingerprint density at radius 3 is 2.38 bits per heavy atom. The Hall–Kier alpha value is -1.97. The first-order valence-electron chi connectivity index (χ1n) is 8.01. The van der Waals surface area contributed by atoms with Crippen molar-refractivity contribution in [3.05, 3.63) is 56.5 Å². The molecule has 138 valence electrons. The zero-order valence-corrected chi connectivity index (χ0v) is 16.4. The second kappa shape index (κ2) is 7.34. The Morgan fingerprint density at radius 2 is 1.77 bits per heavy atom. The first-order chi connectivity index (χ1) is 12.3. The van der Waals surface area contributed by atoms with E-state index >= 15 is 0 Å². The number of nitro benzene ring substituents is 1. The van der Waals surface area contributed by atoms with Gasteiger partial charge < -0.3 is 4.74 Å². The van der Waals surface area contributed by atoms with Crippen LogP contribution in [0.2, 0.25) is 0 Å². The lowest BCUT2D eigenvalue weighted by molar-refractivity contribution is -0.385. The van der Waals surface area contributed by atoms with Gasteiger partial charge in [0.1, 0.15) is 5.75 Å². The number of sulfonamides is 1. The predicted octanol–water partition coefficient (Wildman–Crippen LogP) is 4.24. The van der Waals surface area contributed by atoms with Gasteiger partial charge in [0.15, 0.2) is 0 Å². The van der Waals surface area contributed by atoms with Gasteiger partial charge in [-0.1, -0.05) is 6.07 Å². The summed E-state index contributed by atoms with van der Waals surface area (Å²) in [5.74, 6) is 0.397. The van der Waals surface area contributed by atoms with E-state index < -0.39 is 20.6 Å². The number of nitrogens with zero attached hydrogens (tertiary/aromatic N) is 2. The molecule has 0 spiro atoms. The van der Waals surface area contributed by atoms with Gasteiger partial charge in [-0.05, 0) is 65.5 Å². The van der Waals surface area contributed by atoms with Gasteiger partial charge in [-0.3, -0.25) is 10.1 Å². The molecule has 2 aromatic carbocycles. The lowest BCUT2D eigenvalue weighted by Crippen LogP contribution is -2.27. The quantitative estimate of drug-likeness (QED) is 0.512. The fraction of sp³-hybridized carbons (Fsp3) is 0.294. The van der Waals surface area contributed by atoms with Crippen molar-refractivity contribution in [3.63, 3.8) is 0 Å². The summed E-state index contributed by atoms with van der Waals surface area (Å²) in [5.41, 5.74) is 0.614. The van der Waals surface area contributed by atoms with Crippen molar-refractivity contribution in [2.75, 3.05) is 13.1 Å². The second-order valence-corrected chi connectivity index (χ2v) is 8.83. The molecule has 0 N–H and O–H groups in total. The van der Waals surface area contributed by atoms with E-state index in [0.717, 1.165) is 24.5 Å². The molecule has 1 aliphatic rings. The smallest absolute Gasteiger partial charge is 0.312 e. The molecular weight excluding hydrogens is 424 g/mol. The standard InChI is InChI=1S/C17H17BrN2O5S/c1-12-4-6-16(14(18)10-12)25-17-7-5-13(11-15(17)20(21)22)26(23,24)19-8-2-3-9-19/h4-7,10-11H,2-3,8-9H2,1H3. The third-order valence-corrected chi connectivity index (χ3v) is 6.65. The number of aryl methyl sites for hydroxylation is 1. The monoisotopic (exact) mass is 440 g/mol. The third kappa shape index (κ3) is 3.74. The molecule has 26 heavy (non-hydrogen) atoms. The van der Waals surface area contributed by atoms with Gasteiger partial charge in [-0.15, -0.1) is 0 Å². The van der Waals surface area contributed by atoms with E-state index in [-0.39, 0.29) is 10.6 Å². The normalized spacial score (nSPS) is 15.2. The maximum atomic E-state index is 12.6. The number of ether oxygens (including phenoxy) is 1. The minimum Gasteiger partial charge on any atom is -0.449 e. The molecular formula is C17H17BrN2O5S. The minimum absolute atomic E-state index is 0.0140. The highest BCUT2D eigenvalue weighted by Gasteiger charge is 2.30. The minimum atomic E-state index is -3.73. The number of hydrogen-bond acceptors (Lipinski definition) is 5.